The number of hydrogen-bond donors (Lipinski definition) is 3. The molecule has 6 nitrogen and oxygen atoms in total. The maximum absolute atomic E-state index is 12.6. The zero-order chi connectivity index (χ0) is 21.1. The summed E-state index contributed by atoms with van der Waals surface area (Å²) in [4.78, 5) is 25.9. The quantitative estimate of drug-likeness (QED) is 0.630. The lowest BCUT2D eigenvalue weighted by Crippen LogP contribution is -2.43. The van der Waals surface area contributed by atoms with Gasteiger partial charge < -0.3 is 21.1 Å². The number of halogens is 2. The van der Waals surface area contributed by atoms with Gasteiger partial charge in [0.05, 0.1) is 6.04 Å². The molecule has 0 bridgehead atoms. The van der Waals surface area contributed by atoms with Gasteiger partial charge in [-0.25, -0.2) is 4.79 Å². The van der Waals surface area contributed by atoms with Crippen molar-refractivity contribution in [3.05, 3.63) is 57.6 Å². The van der Waals surface area contributed by atoms with Crippen LogP contribution in [0.15, 0.2) is 36.4 Å². The van der Waals surface area contributed by atoms with E-state index in [2.05, 4.69) is 5.32 Å². The van der Waals surface area contributed by atoms with Crippen LogP contribution in [0.25, 0.3) is 0 Å². The highest BCUT2D eigenvalue weighted by Crippen LogP contribution is 2.44. The van der Waals surface area contributed by atoms with E-state index >= 15 is 0 Å². The second kappa shape index (κ2) is 9.03. The molecule has 8 heteroatoms. The molecule has 1 heterocycles. The van der Waals surface area contributed by atoms with Crippen molar-refractivity contribution in [2.24, 2.45) is 5.73 Å². The number of carboxylic acids is 1. The maximum Gasteiger partial charge on any atom is 0.326 e. The van der Waals surface area contributed by atoms with E-state index in [1.165, 1.54) is 6.92 Å². The van der Waals surface area contributed by atoms with Crippen molar-refractivity contribution in [3.63, 3.8) is 0 Å². The molecule has 1 amide bonds. The normalized spacial score (nSPS) is 17.9. The number of amides is 1. The zero-order valence-electron chi connectivity index (χ0n) is 16.0. The number of aryl methyl sites for hydroxylation is 1. The third-order valence-corrected chi connectivity index (χ3v) is 5.58. The van der Waals surface area contributed by atoms with Crippen LogP contribution in [0.2, 0.25) is 10.0 Å². The topological polar surface area (TPSA) is 95.7 Å². The number of nitrogens with one attached hydrogen (secondary N) is 1. The van der Waals surface area contributed by atoms with Crippen molar-refractivity contribution in [3.8, 4) is 0 Å². The van der Waals surface area contributed by atoms with Crippen molar-refractivity contribution in [2.75, 3.05) is 16.8 Å². The standard InChI is InChI=1S/C21H23Cl2N3O3/c1-12(27)26(15-6-4-13(5-7-15)3-2-8-24)19-11-18(21(28)29)25-17-10-14(22)9-16(23)20(17)19/h4-7,9-10,18-19,25H,2-3,8,11,24H2,1H3,(H,28,29). The summed E-state index contributed by atoms with van der Waals surface area (Å²) in [6.07, 6.45) is 1.92. The van der Waals surface area contributed by atoms with E-state index in [-0.39, 0.29) is 12.3 Å². The van der Waals surface area contributed by atoms with Crippen LogP contribution < -0.4 is 16.0 Å². The number of carboxylic acid groups (broad SMARTS) is 1. The lowest BCUT2D eigenvalue weighted by Gasteiger charge is -2.38. The van der Waals surface area contributed by atoms with Gasteiger partial charge in [0.25, 0.3) is 0 Å². The van der Waals surface area contributed by atoms with Crippen molar-refractivity contribution in [2.45, 2.75) is 38.3 Å². The van der Waals surface area contributed by atoms with Crippen LogP contribution in [-0.2, 0) is 16.0 Å². The van der Waals surface area contributed by atoms with Gasteiger partial charge in [0, 0.05) is 40.3 Å². The molecular weight excluding hydrogens is 413 g/mol. The number of carbonyl (C=O) groups excluding carboxylic acids is 1. The summed E-state index contributed by atoms with van der Waals surface area (Å²) < 4.78 is 0. The van der Waals surface area contributed by atoms with Crippen LogP contribution in [0.4, 0.5) is 11.4 Å². The number of nitrogens with zero attached hydrogens (tertiary/aromatic N) is 1. The van der Waals surface area contributed by atoms with E-state index in [9.17, 15) is 14.7 Å². The summed E-state index contributed by atoms with van der Waals surface area (Å²) in [5, 5.41) is 13.3. The average Bonchev–Trinajstić information content (AvgIpc) is 2.66. The fourth-order valence-corrected chi connectivity index (χ4v) is 4.36. The molecule has 0 aliphatic carbocycles. The minimum absolute atomic E-state index is 0.179. The molecule has 0 radical (unpaired) electrons. The largest absolute Gasteiger partial charge is 0.480 e. The molecule has 4 N–H and O–H groups in total. The fourth-order valence-electron chi connectivity index (χ4n) is 3.74. The van der Waals surface area contributed by atoms with Crippen molar-refractivity contribution in [1.82, 2.24) is 0 Å². The van der Waals surface area contributed by atoms with Crippen molar-refractivity contribution >= 4 is 46.5 Å². The second-order valence-corrected chi connectivity index (χ2v) is 7.93. The molecule has 2 aromatic rings. The van der Waals surface area contributed by atoms with Crippen molar-refractivity contribution < 1.29 is 14.7 Å². The van der Waals surface area contributed by atoms with Crippen LogP contribution in [-0.4, -0.2) is 29.6 Å². The number of nitrogens with two attached hydrogens (primary N) is 1. The summed E-state index contributed by atoms with van der Waals surface area (Å²) in [5.74, 6) is -1.20. The summed E-state index contributed by atoms with van der Waals surface area (Å²) in [7, 11) is 0. The van der Waals surface area contributed by atoms with Gasteiger partial charge in [0.1, 0.15) is 6.04 Å². The molecule has 2 aromatic carbocycles. The Kier molecular flexibility index (Phi) is 6.67. The van der Waals surface area contributed by atoms with E-state index in [0.29, 0.717) is 33.5 Å². The van der Waals surface area contributed by atoms with Gasteiger partial charge in [-0.1, -0.05) is 35.3 Å². The molecule has 3 rings (SSSR count). The van der Waals surface area contributed by atoms with E-state index in [0.717, 1.165) is 18.4 Å². The number of carbonyl (C=O) groups is 2. The molecule has 0 fully saturated rings. The summed E-state index contributed by atoms with van der Waals surface area (Å²) in [5.41, 5.74) is 8.57. The van der Waals surface area contributed by atoms with E-state index in [1.54, 1.807) is 17.0 Å². The highest BCUT2D eigenvalue weighted by molar-refractivity contribution is 6.35. The summed E-state index contributed by atoms with van der Waals surface area (Å²) >= 11 is 12.6. The Morgan fingerprint density at radius 3 is 2.52 bits per heavy atom. The van der Waals surface area contributed by atoms with Crippen LogP contribution in [0.5, 0.6) is 0 Å². The second-order valence-electron chi connectivity index (χ2n) is 7.08. The first-order valence-corrected chi connectivity index (χ1v) is 10.1. The van der Waals surface area contributed by atoms with Crippen LogP contribution in [0.1, 0.15) is 36.9 Å². The monoisotopic (exact) mass is 435 g/mol. The van der Waals surface area contributed by atoms with Crippen LogP contribution in [0.3, 0.4) is 0 Å². The summed E-state index contributed by atoms with van der Waals surface area (Å²) in [6.45, 7) is 2.08. The van der Waals surface area contributed by atoms with Crippen molar-refractivity contribution in [1.29, 1.82) is 0 Å². The smallest absolute Gasteiger partial charge is 0.326 e. The molecule has 29 heavy (non-hydrogen) atoms. The first-order chi connectivity index (χ1) is 13.8. The lowest BCUT2D eigenvalue weighted by atomic mass is 9.90. The predicted octanol–water partition coefficient (Wildman–Crippen LogP) is 4.25. The van der Waals surface area contributed by atoms with E-state index in [4.69, 9.17) is 28.9 Å². The molecule has 0 aromatic heterocycles. The highest BCUT2D eigenvalue weighted by atomic mass is 35.5. The summed E-state index contributed by atoms with van der Waals surface area (Å²) in [6, 6.07) is 9.49. The van der Waals surface area contributed by atoms with Gasteiger partial charge in [-0.05, 0) is 49.2 Å². The van der Waals surface area contributed by atoms with Gasteiger partial charge in [0.2, 0.25) is 5.91 Å². The Bertz CT molecular complexity index is 918. The third-order valence-electron chi connectivity index (χ3n) is 5.05. The van der Waals surface area contributed by atoms with Gasteiger partial charge in [-0.2, -0.15) is 0 Å². The van der Waals surface area contributed by atoms with Gasteiger partial charge in [0.15, 0.2) is 0 Å². The first kappa shape index (κ1) is 21.4. The van der Waals surface area contributed by atoms with Gasteiger partial charge >= 0.3 is 5.97 Å². The Hall–Kier alpha value is -2.28. The first-order valence-electron chi connectivity index (χ1n) is 9.39. The number of hydrogen-bond acceptors (Lipinski definition) is 4. The minimum Gasteiger partial charge on any atom is -0.480 e. The van der Waals surface area contributed by atoms with Gasteiger partial charge in [-0.15, -0.1) is 0 Å². The fraction of sp³-hybridized carbons (Fsp3) is 0.333. The number of benzene rings is 2. The third kappa shape index (κ3) is 4.66. The van der Waals surface area contributed by atoms with E-state index < -0.39 is 18.1 Å². The predicted molar refractivity (Wildman–Crippen MR) is 116 cm³/mol. The Balaban J connectivity index is 2.04. The van der Waals surface area contributed by atoms with Gasteiger partial charge in [-0.3, -0.25) is 4.79 Å². The minimum atomic E-state index is -1.00. The maximum atomic E-state index is 12.6. The Morgan fingerprint density at radius 2 is 1.93 bits per heavy atom. The SMILES string of the molecule is CC(=O)N(c1ccc(CCCN)cc1)C1CC(C(=O)O)Nc2cc(Cl)cc(Cl)c21. The zero-order valence-corrected chi connectivity index (χ0v) is 17.5. The molecule has 0 saturated carbocycles. The molecule has 2 atom stereocenters. The number of aliphatic carboxylic acids is 1. The lowest BCUT2D eigenvalue weighted by molar-refractivity contribution is -0.138. The molecule has 154 valence electrons. The Morgan fingerprint density at radius 1 is 1.24 bits per heavy atom. The number of anilines is 2. The number of rotatable bonds is 6. The molecule has 1 aliphatic rings. The van der Waals surface area contributed by atoms with Crippen LogP contribution in [0, 0.1) is 0 Å². The average molecular weight is 436 g/mol. The number of fused-ring (bicyclic) bond motifs is 1. The molecule has 0 spiro atoms. The Labute approximate surface area is 179 Å². The van der Waals surface area contributed by atoms with Crippen LogP contribution >= 0.6 is 23.2 Å². The van der Waals surface area contributed by atoms with E-state index in [1.807, 2.05) is 24.3 Å². The highest BCUT2D eigenvalue weighted by Gasteiger charge is 2.37. The molecule has 2 unspecified atom stereocenters. The molecule has 1 aliphatic heterocycles. The molecule has 0 saturated heterocycles. The molecular formula is C21H23Cl2N3O3.